The molecule has 27 heavy (non-hydrogen) atoms. The predicted molar refractivity (Wildman–Crippen MR) is 110 cm³/mol. The highest BCUT2D eigenvalue weighted by atomic mass is 16.5. The highest BCUT2D eigenvalue weighted by Gasteiger charge is 2.10. The Morgan fingerprint density at radius 3 is 2.56 bits per heavy atom. The number of aromatic nitrogens is 2. The Morgan fingerprint density at radius 1 is 0.889 bits per heavy atom. The van der Waals surface area contributed by atoms with Crippen LogP contribution in [-0.2, 0) is 6.54 Å². The number of nitrogens with one attached hydrogen (secondary N) is 1. The smallest absolute Gasteiger partial charge is 0.162 e. The van der Waals surface area contributed by atoms with Gasteiger partial charge in [-0.1, -0.05) is 54.1 Å². The van der Waals surface area contributed by atoms with Gasteiger partial charge >= 0.3 is 0 Å². The van der Waals surface area contributed by atoms with Crippen LogP contribution < -0.4 is 10.1 Å². The highest BCUT2D eigenvalue weighted by Crippen LogP contribution is 2.26. The van der Waals surface area contributed by atoms with Crippen molar-refractivity contribution in [1.29, 1.82) is 0 Å². The Kier molecular flexibility index (Phi) is 4.71. The molecular formula is C23H21N3O. The van der Waals surface area contributed by atoms with Gasteiger partial charge in [-0.25, -0.2) is 9.97 Å². The average Bonchev–Trinajstić information content (AvgIpc) is 2.72. The van der Waals surface area contributed by atoms with Gasteiger partial charge in [0.15, 0.2) is 5.82 Å². The molecule has 0 aliphatic heterocycles. The summed E-state index contributed by atoms with van der Waals surface area (Å²) in [6, 6.07) is 24.3. The maximum absolute atomic E-state index is 5.45. The van der Waals surface area contributed by atoms with Crippen LogP contribution in [-0.4, -0.2) is 17.1 Å². The molecule has 134 valence electrons. The second kappa shape index (κ2) is 7.46. The van der Waals surface area contributed by atoms with Crippen LogP contribution in [0.4, 0.5) is 5.82 Å². The van der Waals surface area contributed by atoms with Crippen molar-refractivity contribution in [2.24, 2.45) is 0 Å². The Hall–Kier alpha value is -3.40. The van der Waals surface area contributed by atoms with Crippen molar-refractivity contribution >= 4 is 16.7 Å². The summed E-state index contributed by atoms with van der Waals surface area (Å²) < 4.78 is 5.45. The lowest BCUT2D eigenvalue weighted by Crippen LogP contribution is -2.05. The van der Waals surface area contributed by atoms with Gasteiger partial charge < -0.3 is 10.1 Å². The van der Waals surface area contributed by atoms with Crippen molar-refractivity contribution in [3.8, 4) is 17.1 Å². The molecule has 4 rings (SSSR count). The van der Waals surface area contributed by atoms with E-state index < -0.39 is 0 Å². The number of aryl methyl sites for hydroxylation is 1. The Morgan fingerprint density at radius 2 is 1.70 bits per heavy atom. The molecule has 0 aliphatic rings. The van der Waals surface area contributed by atoms with Gasteiger partial charge in [-0.2, -0.15) is 0 Å². The van der Waals surface area contributed by atoms with Crippen molar-refractivity contribution in [2.75, 3.05) is 12.4 Å². The Labute approximate surface area is 158 Å². The summed E-state index contributed by atoms with van der Waals surface area (Å²) in [6.07, 6.45) is 0. The van der Waals surface area contributed by atoms with Gasteiger partial charge in [0.2, 0.25) is 0 Å². The summed E-state index contributed by atoms with van der Waals surface area (Å²) in [6.45, 7) is 2.70. The molecule has 0 saturated heterocycles. The third kappa shape index (κ3) is 3.60. The van der Waals surface area contributed by atoms with E-state index >= 15 is 0 Å². The lowest BCUT2D eigenvalue weighted by molar-refractivity contribution is 0.410. The fraction of sp³-hybridized carbons (Fsp3) is 0.130. The van der Waals surface area contributed by atoms with E-state index in [1.165, 1.54) is 5.56 Å². The van der Waals surface area contributed by atoms with Gasteiger partial charge in [0.25, 0.3) is 0 Å². The molecule has 1 N–H and O–H groups in total. The number of nitrogens with zero attached hydrogens (tertiary/aromatic N) is 2. The van der Waals surface area contributed by atoms with Gasteiger partial charge in [-0.05, 0) is 31.2 Å². The molecule has 4 heteroatoms. The largest absolute Gasteiger partial charge is 0.496 e. The summed E-state index contributed by atoms with van der Waals surface area (Å²) in [5.74, 6) is 2.41. The van der Waals surface area contributed by atoms with E-state index in [1.54, 1.807) is 7.11 Å². The van der Waals surface area contributed by atoms with Crippen LogP contribution in [0.3, 0.4) is 0 Å². The van der Waals surface area contributed by atoms with E-state index in [4.69, 9.17) is 14.7 Å². The predicted octanol–water partition coefficient (Wildman–Crippen LogP) is 5.23. The normalized spacial score (nSPS) is 10.7. The standard InChI is InChI=1S/C23H21N3O/c1-16-8-7-10-17(14-16)22-25-20-12-5-4-11-19(20)23(26-22)24-15-18-9-3-6-13-21(18)27-2/h3-14H,15H2,1-2H3,(H,24,25,26). The van der Waals surface area contributed by atoms with Crippen LogP contribution in [0.1, 0.15) is 11.1 Å². The number of rotatable bonds is 5. The van der Waals surface area contributed by atoms with Crippen LogP contribution in [0, 0.1) is 6.92 Å². The second-order valence-electron chi connectivity index (χ2n) is 6.45. The van der Waals surface area contributed by atoms with Gasteiger partial charge in [-0.3, -0.25) is 0 Å². The maximum Gasteiger partial charge on any atom is 0.162 e. The third-order valence-electron chi connectivity index (χ3n) is 4.52. The van der Waals surface area contributed by atoms with Crippen LogP contribution in [0.15, 0.2) is 72.8 Å². The van der Waals surface area contributed by atoms with Gasteiger partial charge in [-0.15, -0.1) is 0 Å². The minimum absolute atomic E-state index is 0.623. The number of ether oxygens (including phenoxy) is 1. The first-order chi connectivity index (χ1) is 13.2. The Balaban J connectivity index is 1.75. The lowest BCUT2D eigenvalue weighted by atomic mass is 10.1. The molecule has 0 fully saturated rings. The molecule has 0 spiro atoms. The van der Waals surface area contributed by atoms with E-state index in [9.17, 15) is 0 Å². The zero-order valence-corrected chi connectivity index (χ0v) is 15.4. The quantitative estimate of drug-likeness (QED) is 0.533. The number of para-hydroxylation sites is 2. The molecular weight excluding hydrogens is 334 g/mol. The zero-order chi connectivity index (χ0) is 18.6. The summed E-state index contributed by atoms with van der Waals surface area (Å²) in [7, 11) is 1.69. The number of hydrogen-bond acceptors (Lipinski definition) is 4. The highest BCUT2D eigenvalue weighted by molar-refractivity contribution is 5.90. The van der Waals surface area contributed by atoms with Crippen molar-refractivity contribution < 1.29 is 4.74 Å². The topological polar surface area (TPSA) is 47.0 Å². The summed E-state index contributed by atoms with van der Waals surface area (Å²) in [5.41, 5.74) is 4.21. The van der Waals surface area contributed by atoms with E-state index in [0.29, 0.717) is 6.54 Å². The molecule has 0 bridgehead atoms. The van der Waals surface area contributed by atoms with Crippen molar-refractivity contribution in [3.63, 3.8) is 0 Å². The number of anilines is 1. The van der Waals surface area contributed by atoms with E-state index in [0.717, 1.165) is 39.4 Å². The van der Waals surface area contributed by atoms with Crippen molar-refractivity contribution in [2.45, 2.75) is 13.5 Å². The minimum atomic E-state index is 0.623. The average molecular weight is 355 g/mol. The van der Waals surface area contributed by atoms with Crippen LogP contribution in [0.5, 0.6) is 5.75 Å². The first-order valence-corrected chi connectivity index (χ1v) is 8.94. The fourth-order valence-electron chi connectivity index (χ4n) is 3.15. The number of benzene rings is 3. The molecule has 1 aromatic heterocycles. The molecule has 0 saturated carbocycles. The molecule has 1 heterocycles. The summed E-state index contributed by atoms with van der Waals surface area (Å²) in [5, 5.41) is 4.48. The van der Waals surface area contributed by atoms with E-state index in [-0.39, 0.29) is 0 Å². The molecule has 0 atom stereocenters. The van der Waals surface area contributed by atoms with Crippen molar-refractivity contribution in [1.82, 2.24) is 9.97 Å². The molecule has 0 unspecified atom stereocenters. The summed E-state index contributed by atoms with van der Waals surface area (Å²) in [4.78, 5) is 9.58. The first kappa shape index (κ1) is 17.0. The molecule has 0 amide bonds. The van der Waals surface area contributed by atoms with Gasteiger partial charge in [0.1, 0.15) is 11.6 Å². The molecule has 4 aromatic rings. The number of methoxy groups -OCH3 is 1. The van der Waals surface area contributed by atoms with Crippen LogP contribution in [0.25, 0.3) is 22.3 Å². The maximum atomic E-state index is 5.45. The van der Waals surface area contributed by atoms with E-state index in [1.807, 2.05) is 54.6 Å². The molecule has 0 aliphatic carbocycles. The van der Waals surface area contributed by atoms with Crippen molar-refractivity contribution in [3.05, 3.63) is 83.9 Å². The first-order valence-electron chi connectivity index (χ1n) is 8.94. The van der Waals surface area contributed by atoms with Gasteiger partial charge in [0, 0.05) is 23.1 Å². The monoisotopic (exact) mass is 355 g/mol. The molecule has 0 radical (unpaired) electrons. The number of fused-ring (bicyclic) bond motifs is 1. The lowest BCUT2D eigenvalue weighted by Gasteiger charge is -2.13. The SMILES string of the molecule is COc1ccccc1CNc1nc(-c2cccc(C)c2)nc2ccccc12. The second-order valence-corrected chi connectivity index (χ2v) is 6.45. The van der Waals surface area contributed by atoms with Gasteiger partial charge in [0.05, 0.1) is 12.6 Å². The number of hydrogen-bond donors (Lipinski definition) is 1. The molecule has 3 aromatic carbocycles. The minimum Gasteiger partial charge on any atom is -0.496 e. The zero-order valence-electron chi connectivity index (χ0n) is 15.4. The summed E-state index contributed by atoms with van der Waals surface area (Å²) >= 11 is 0. The third-order valence-corrected chi connectivity index (χ3v) is 4.52. The van der Waals surface area contributed by atoms with E-state index in [2.05, 4.69) is 30.4 Å². The fourth-order valence-corrected chi connectivity index (χ4v) is 3.15. The Bertz CT molecular complexity index is 1090. The van der Waals surface area contributed by atoms with Crippen LogP contribution >= 0.6 is 0 Å². The molecule has 4 nitrogen and oxygen atoms in total. The van der Waals surface area contributed by atoms with Crippen LogP contribution in [0.2, 0.25) is 0 Å².